The molecule has 0 bridgehead atoms. The maximum absolute atomic E-state index is 5.43. The van der Waals surface area contributed by atoms with Crippen molar-refractivity contribution in [2.75, 3.05) is 13.1 Å². The lowest BCUT2D eigenvalue weighted by Gasteiger charge is -2.33. The fourth-order valence-electron chi connectivity index (χ4n) is 3.08. The van der Waals surface area contributed by atoms with Crippen molar-refractivity contribution < 1.29 is 0 Å². The molecule has 0 aliphatic heterocycles. The quantitative estimate of drug-likeness (QED) is 0.852. The number of hydrogen-bond donors (Lipinski definition) is 1. The number of nitrogens with two attached hydrogens (primary N) is 1. The maximum atomic E-state index is 5.43. The van der Waals surface area contributed by atoms with E-state index in [0.717, 1.165) is 24.7 Å². The molecular formula is C18H26N2. The van der Waals surface area contributed by atoms with Crippen LogP contribution < -0.4 is 5.73 Å². The Balaban J connectivity index is 2.03. The lowest BCUT2D eigenvalue weighted by Crippen LogP contribution is -2.36. The van der Waals surface area contributed by atoms with Gasteiger partial charge >= 0.3 is 0 Å². The monoisotopic (exact) mass is 270 g/mol. The predicted molar refractivity (Wildman–Crippen MR) is 85.3 cm³/mol. The van der Waals surface area contributed by atoms with Gasteiger partial charge in [0.15, 0.2) is 0 Å². The Morgan fingerprint density at radius 1 is 1.25 bits per heavy atom. The Morgan fingerprint density at radius 3 is 2.75 bits per heavy atom. The Kier molecular flexibility index (Phi) is 6.11. The molecule has 2 heteroatoms. The molecule has 0 heterocycles. The van der Waals surface area contributed by atoms with Crippen molar-refractivity contribution in [3.63, 3.8) is 0 Å². The van der Waals surface area contributed by atoms with Gasteiger partial charge in [0.1, 0.15) is 0 Å². The minimum Gasteiger partial charge on any atom is -0.320 e. The zero-order chi connectivity index (χ0) is 14.2. The average molecular weight is 270 g/mol. The van der Waals surface area contributed by atoms with E-state index >= 15 is 0 Å². The van der Waals surface area contributed by atoms with Crippen LogP contribution in [-0.4, -0.2) is 24.0 Å². The zero-order valence-electron chi connectivity index (χ0n) is 12.6. The summed E-state index contributed by atoms with van der Waals surface area (Å²) in [5, 5.41) is 0. The van der Waals surface area contributed by atoms with Crippen molar-refractivity contribution in [3.8, 4) is 11.8 Å². The minimum atomic E-state index is 0.424. The molecule has 1 saturated carbocycles. The molecule has 20 heavy (non-hydrogen) atoms. The van der Waals surface area contributed by atoms with Crippen LogP contribution in [0.3, 0.4) is 0 Å². The molecule has 0 amide bonds. The predicted octanol–water partition coefficient (Wildman–Crippen LogP) is 3.15. The highest BCUT2D eigenvalue weighted by molar-refractivity contribution is 5.37. The molecule has 1 aliphatic carbocycles. The second kappa shape index (κ2) is 8.09. The molecule has 108 valence electrons. The first-order chi connectivity index (χ1) is 9.83. The van der Waals surface area contributed by atoms with Gasteiger partial charge in [0.25, 0.3) is 0 Å². The van der Waals surface area contributed by atoms with E-state index in [1.807, 2.05) is 0 Å². The van der Waals surface area contributed by atoms with Crippen LogP contribution in [0.2, 0.25) is 0 Å². The van der Waals surface area contributed by atoms with Crippen LogP contribution in [-0.2, 0) is 6.54 Å². The first kappa shape index (κ1) is 15.1. The summed E-state index contributed by atoms with van der Waals surface area (Å²) in [6, 6.07) is 9.34. The highest BCUT2D eigenvalue weighted by atomic mass is 15.1. The molecule has 0 saturated heterocycles. The molecule has 0 aromatic heterocycles. The van der Waals surface area contributed by atoms with Gasteiger partial charge in [0.05, 0.1) is 6.54 Å². The van der Waals surface area contributed by atoms with E-state index in [4.69, 9.17) is 5.73 Å². The van der Waals surface area contributed by atoms with Gasteiger partial charge in [-0.05, 0) is 37.1 Å². The average Bonchev–Trinajstić information content (AvgIpc) is 2.52. The summed E-state index contributed by atoms with van der Waals surface area (Å²) in [6.07, 6.45) is 6.92. The van der Waals surface area contributed by atoms with Gasteiger partial charge in [0.2, 0.25) is 0 Å². The van der Waals surface area contributed by atoms with Crippen LogP contribution in [0.15, 0.2) is 24.3 Å². The van der Waals surface area contributed by atoms with Crippen molar-refractivity contribution in [2.45, 2.75) is 51.6 Å². The Labute approximate surface area is 123 Å². The van der Waals surface area contributed by atoms with Crippen LogP contribution in [0.4, 0.5) is 0 Å². The van der Waals surface area contributed by atoms with Crippen molar-refractivity contribution in [1.82, 2.24) is 4.90 Å². The molecule has 1 fully saturated rings. The van der Waals surface area contributed by atoms with E-state index in [0.29, 0.717) is 6.54 Å². The molecule has 0 atom stereocenters. The van der Waals surface area contributed by atoms with E-state index in [9.17, 15) is 0 Å². The smallest absolute Gasteiger partial charge is 0.0555 e. The number of hydrogen-bond acceptors (Lipinski definition) is 2. The summed E-state index contributed by atoms with van der Waals surface area (Å²) >= 11 is 0. The first-order valence-corrected chi connectivity index (χ1v) is 7.85. The van der Waals surface area contributed by atoms with Crippen LogP contribution in [0.5, 0.6) is 0 Å². The molecule has 1 aromatic rings. The Hall–Kier alpha value is -1.30. The highest BCUT2D eigenvalue weighted by Gasteiger charge is 2.19. The van der Waals surface area contributed by atoms with E-state index in [2.05, 4.69) is 47.9 Å². The highest BCUT2D eigenvalue weighted by Crippen LogP contribution is 2.24. The summed E-state index contributed by atoms with van der Waals surface area (Å²) in [4.78, 5) is 2.62. The maximum Gasteiger partial charge on any atom is 0.0555 e. The number of rotatable bonds is 4. The molecular weight excluding hydrogens is 244 g/mol. The van der Waals surface area contributed by atoms with Gasteiger partial charge in [-0.25, -0.2) is 0 Å². The molecule has 0 radical (unpaired) electrons. The third-order valence-electron chi connectivity index (χ3n) is 4.14. The summed E-state index contributed by atoms with van der Waals surface area (Å²) < 4.78 is 0. The SMILES string of the molecule is CCN(Cc1cccc(C#CCN)c1)C1CCCCC1. The second-order valence-corrected chi connectivity index (χ2v) is 5.56. The van der Waals surface area contributed by atoms with Crippen molar-refractivity contribution in [2.24, 2.45) is 5.73 Å². The largest absolute Gasteiger partial charge is 0.320 e. The van der Waals surface area contributed by atoms with Crippen molar-refractivity contribution >= 4 is 0 Å². The molecule has 1 aromatic carbocycles. The van der Waals surface area contributed by atoms with E-state index in [-0.39, 0.29) is 0 Å². The van der Waals surface area contributed by atoms with Gasteiger partial charge in [-0.15, -0.1) is 0 Å². The topological polar surface area (TPSA) is 29.3 Å². The molecule has 2 rings (SSSR count). The lowest BCUT2D eigenvalue weighted by atomic mass is 9.94. The third-order valence-corrected chi connectivity index (χ3v) is 4.14. The fourth-order valence-corrected chi connectivity index (χ4v) is 3.08. The van der Waals surface area contributed by atoms with Crippen molar-refractivity contribution in [3.05, 3.63) is 35.4 Å². The van der Waals surface area contributed by atoms with Gasteiger partial charge < -0.3 is 5.73 Å². The molecule has 0 spiro atoms. The summed E-state index contributed by atoms with van der Waals surface area (Å²) in [6.45, 7) is 4.86. The van der Waals surface area contributed by atoms with E-state index in [1.54, 1.807) is 0 Å². The lowest BCUT2D eigenvalue weighted by molar-refractivity contribution is 0.156. The molecule has 2 nitrogen and oxygen atoms in total. The molecule has 0 unspecified atom stereocenters. The molecule has 2 N–H and O–H groups in total. The van der Waals surface area contributed by atoms with Crippen LogP contribution in [0, 0.1) is 11.8 Å². The fraction of sp³-hybridized carbons (Fsp3) is 0.556. The van der Waals surface area contributed by atoms with Gasteiger partial charge in [-0.3, -0.25) is 4.90 Å². The number of nitrogens with zero attached hydrogens (tertiary/aromatic N) is 1. The van der Waals surface area contributed by atoms with Crippen LogP contribution >= 0.6 is 0 Å². The van der Waals surface area contributed by atoms with Crippen LogP contribution in [0.1, 0.15) is 50.2 Å². The van der Waals surface area contributed by atoms with Crippen LogP contribution in [0.25, 0.3) is 0 Å². The van der Waals surface area contributed by atoms with Crippen molar-refractivity contribution in [1.29, 1.82) is 0 Å². The third kappa shape index (κ3) is 4.37. The minimum absolute atomic E-state index is 0.424. The molecule has 1 aliphatic rings. The van der Waals surface area contributed by atoms with E-state index in [1.165, 1.54) is 37.7 Å². The number of benzene rings is 1. The second-order valence-electron chi connectivity index (χ2n) is 5.56. The zero-order valence-corrected chi connectivity index (χ0v) is 12.6. The van der Waals surface area contributed by atoms with E-state index < -0.39 is 0 Å². The van der Waals surface area contributed by atoms with Gasteiger partial charge in [0, 0.05) is 18.2 Å². The standard InChI is InChI=1S/C18H26N2/c1-2-20(18-11-4-3-5-12-18)15-17-9-6-8-16(14-17)10-7-13-19/h6,8-9,14,18H,2-5,11-13,15,19H2,1H3. The summed E-state index contributed by atoms with van der Waals surface area (Å²) in [7, 11) is 0. The Morgan fingerprint density at radius 2 is 2.05 bits per heavy atom. The summed E-state index contributed by atoms with van der Waals surface area (Å²) in [5.74, 6) is 6.05. The Bertz CT molecular complexity index is 464. The first-order valence-electron chi connectivity index (χ1n) is 7.85. The van der Waals surface area contributed by atoms with Gasteiger partial charge in [-0.2, -0.15) is 0 Å². The van der Waals surface area contributed by atoms with Gasteiger partial charge in [-0.1, -0.05) is 50.2 Å². The summed E-state index contributed by atoms with van der Waals surface area (Å²) in [5.41, 5.74) is 7.87. The normalized spacial score (nSPS) is 15.9.